The third kappa shape index (κ3) is 36.8. The van der Waals surface area contributed by atoms with Crippen molar-refractivity contribution in [3.8, 4) is 0 Å². The molecule has 0 heterocycles. The van der Waals surface area contributed by atoms with Crippen LogP contribution in [0.5, 0.6) is 0 Å². The van der Waals surface area contributed by atoms with E-state index in [2.05, 4.69) is 0 Å². The molecule has 0 aromatic rings. The van der Waals surface area contributed by atoms with Crippen LogP contribution in [0.1, 0.15) is 0 Å². The summed E-state index contributed by atoms with van der Waals surface area (Å²) in [5.74, 6) is 0. The van der Waals surface area contributed by atoms with Gasteiger partial charge in [0.2, 0.25) is 0 Å². The van der Waals surface area contributed by atoms with E-state index in [0.29, 0.717) is 0 Å². The molecule has 0 spiro atoms. The molecular formula is H3BCaO3. The molecule has 0 amide bonds. The third-order valence-corrected chi connectivity index (χ3v) is 0. The Balaban J connectivity index is -0.0000000200. The summed E-state index contributed by atoms with van der Waals surface area (Å²) in [7, 11) is -1.00. The van der Waals surface area contributed by atoms with Gasteiger partial charge >= 0.3 is 37.7 Å². The molecule has 0 saturated heterocycles. The van der Waals surface area contributed by atoms with E-state index in [0.717, 1.165) is 0 Å². The van der Waals surface area contributed by atoms with E-state index in [1.807, 2.05) is 0 Å². The van der Waals surface area contributed by atoms with E-state index in [1.165, 1.54) is 0 Å². The minimum absolute atomic E-state index is 0. The summed E-state index contributed by atoms with van der Waals surface area (Å²) >= 11 is 0. The van der Waals surface area contributed by atoms with Gasteiger partial charge in [0.25, 0.3) is 0 Å². The molecule has 0 bridgehead atoms. The summed E-state index contributed by atoms with van der Waals surface area (Å²) in [6.45, 7) is 0. The Kier molecular flexibility index (Phi) is 62.0. The second kappa shape index (κ2) is 18.9. The standard InChI is InChI=1S/BH2O2.Ca.H2O/c2-1-3;;/h1-2H;;1H2/q-1;+2;/p-1. The quantitative estimate of drug-likeness (QED) is 0.332. The van der Waals surface area contributed by atoms with Crippen molar-refractivity contribution in [2.24, 2.45) is 0 Å². The molecule has 0 aliphatic heterocycles. The molecule has 0 aliphatic carbocycles. The first-order valence-electron chi connectivity index (χ1n) is 0.605. The summed E-state index contributed by atoms with van der Waals surface area (Å²) in [6.07, 6.45) is 0. The maximum atomic E-state index is 8.49. The van der Waals surface area contributed by atoms with Gasteiger partial charge in [0.1, 0.15) is 0 Å². The Hall–Kier alpha value is 1.20. The molecule has 5 heteroatoms. The first kappa shape index (κ1) is 16.4. The molecule has 0 saturated carbocycles. The second-order valence-corrected chi connectivity index (χ2v) is 0.129. The molecule has 0 unspecified atom stereocenters. The summed E-state index contributed by atoms with van der Waals surface area (Å²) < 4.78 is 0. The molecule has 2 N–H and O–H groups in total. The van der Waals surface area contributed by atoms with E-state index in [4.69, 9.17) is 10.0 Å². The first-order valence-corrected chi connectivity index (χ1v) is 0.605. The topological polar surface area (TPSA) is 73.3 Å². The number of hydrogen-bond donors (Lipinski definition) is 1. The Morgan fingerprint density at radius 2 is 1.60 bits per heavy atom. The van der Waals surface area contributed by atoms with Crippen LogP contribution in [-0.4, -0.2) is 55.9 Å². The fourth-order valence-corrected chi connectivity index (χ4v) is 0. The summed E-state index contributed by atoms with van der Waals surface area (Å²) in [6, 6.07) is 0. The van der Waals surface area contributed by atoms with Gasteiger partial charge in [0, 0.05) is 0 Å². The monoisotopic (exact) mass is 102 g/mol. The SMILES string of the molecule is [Ca+2].[O-]BO.[OH-]. The molecule has 3 nitrogen and oxygen atoms in total. The van der Waals surface area contributed by atoms with Crippen LogP contribution in [0.25, 0.3) is 0 Å². The molecule has 0 rings (SSSR count). The Bertz CT molecular complexity index is 6.85. The van der Waals surface area contributed by atoms with Crippen molar-refractivity contribution in [3.05, 3.63) is 0 Å². The molecule has 0 aromatic carbocycles. The van der Waals surface area contributed by atoms with Gasteiger partial charge in [-0.05, 0) is 0 Å². The second-order valence-electron chi connectivity index (χ2n) is 0.129. The fraction of sp³-hybridized carbons (Fsp3) is 0. The number of hydrogen-bond acceptors (Lipinski definition) is 3. The van der Waals surface area contributed by atoms with Crippen LogP contribution in [0.3, 0.4) is 0 Å². The Morgan fingerprint density at radius 3 is 1.60 bits per heavy atom. The van der Waals surface area contributed by atoms with Crippen LogP contribution in [-0.2, 0) is 0 Å². The van der Waals surface area contributed by atoms with Crippen molar-refractivity contribution in [1.82, 2.24) is 0 Å². The van der Waals surface area contributed by atoms with Crippen LogP contribution in [0.15, 0.2) is 0 Å². The molecule has 0 atom stereocenters. The van der Waals surface area contributed by atoms with E-state index in [9.17, 15) is 0 Å². The summed E-state index contributed by atoms with van der Waals surface area (Å²) in [5, 5.41) is 15.5. The van der Waals surface area contributed by atoms with Crippen molar-refractivity contribution < 1.29 is 15.5 Å². The van der Waals surface area contributed by atoms with Crippen LogP contribution in [0.2, 0.25) is 0 Å². The van der Waals surface area contributed by atoms with Gasteiger partial charge in [-0.3, -0.25) is 0 Å². The van der Waals surface area contributed by atoms with Crippen molar-refractivity contribution in [2.75, 3.05) is 0 Å². The molecule has 0 fully saturated rings. The van der Waals surface area contributed by atoms with E-state index < -0.39 is 7.69 Å². The molecule has 0 radical (unpaired) electrons. The molecule has 5 heavy (non-hydrogen) atoms. The van der Waals surface area contributed by atoms with Crippen molar-refractivity contribution >= 4 is 45.4 Å². The van der Waals surface area contributed by atoms with Gasteiger partial charge in [-0.15, -0.1) is 0 Å². The van der Waals surface area contributed by atoms with E-state index >= 15 is 0 Å². The van der Waals surface area contributed by atoms with Gasteiger partial charge in [-0.2, -0.15) is 0 Å². The van der Waals surface area contributed by atoms with Crippen LogP contribution >= 0.6 is 0 Å². The average molecular weight is 102 g/mol. The van der Waals surface area contributed by atoms with E-state index in [1.54, 1.807) is 0 Å². The molecular weight excluding hydrogens is 98.9 g/mol. The van der Waals surface area contributed by atoms with E-state index in [-0.39, 0.29) is 43.2 Å². The zero-order chi connectivity index (χ0) is 2.71. The normalized spacial score (nSPS) is 2.80. The van der Waals surface area contributed by atoms with Gasteiger partial charge in [0.05, 0.1) is 0 Å². The molecule has 26 valence electrons. The predicted octanol–water partition coefficient (Wildman–Crippen LogP) is -2.95. The summed E-state index contributed by atoms with van der Waals surface area (Å²) in [5.41, 5.74) is 0. The van der Waals surface area contributed by atoms with Crippen molar-refractivity contribution in [2.45, 2.75) is 0 Å². The zero-order valence-corrected chi connectivity index (χ0v) is 4.93. The summed E-state index contributed by atoms with van der Waals surface area (Å²) in [4.78, 5) is 0. The van der Waals surface area contributed by atoms with Gasteiger partial charge in [-0.25, -0.2) is 0 Å². The molecule has 0 aliphatic rings. The fourth-order valence-electron chi connectivity index (χ4n) is 0. The minimum Gasteiger partial charge on any atom is -0.870 e. The van der Waals surface area contributed by atoms with Gasteiger partial charge in [-0.1, -0.05) is 0 Å². The van der Waals surface area contributed by atoms with Crippen LogP contribution in [0.4, 0.5) is 0 Å². The minimum atomic E-state index is -1.00. The maximum absolute atomic E-state index is 8.49. The van der Waals surface area contributed by atoms with Crippen LogP contribution < -0.4 is 5.02 Å². The molecule has 0 aromatic heterocycles. The Labute approximate surface area is 60.6 Å². The van der Waals surface area contributed by atoms with Gasteiger partial charge < -0.3 is 15.5 Å². The zero-order valence-electron chi connectivity index (χ0n) is 2.72. The number of rotatable bonds is 0. The maximum Gasteiger partial charge on any atom is 2.00 e. The smallest absolute Gasteiger partial charge is 0.870 e. The van der Waals surface area contributed by atoms with Crippen LogP contribution in [0, 0.1) is 0 Å². The van der Waals surface area contributed by atoms with Gasteiger partial charge in [0.15, 0.2) is 7.69 Å². The Morgan fingerprint density at radius 1 is 1.60 bits per heavy atom. The van der Waals surface area contributed by atoms with Crippen molar-refractivity contribution in [1.29, 1.82) is 0 Å². The largest absolute Gasteiger partial charge is 2.00 e. The first-order chi connectivity index (χ1) is 1.41. The third-order valence-electron chi connectivity index (χ3n) is 0. The predicted molar refractivity (Wildman–Crippen MR) is 17.1 cm³/mol. The van der Waals surface area contributed by atoms with Crippen molar-refractivity contribution in [3.63, 3.8) is 0 Å². The average Bonchev–Trinajstić information content (AvgIpc) is 0.918.